The third kappa shape index (κ3) is 4.78. The van der Waals surface area contributed by atoms with Gasteiger partial charge in [-0.3, -0.25) is 0 Å². The smallest absolute Gasteiger partial charge is 0.0513 e. The lowest BCUT2D eigenvalue weighted by atomic mass is 10.1. The van der Waals surface area contributed by atoms with Crippen LogP contribution in [0.4, 0.5) is 5.69 Å². The van der Waals surface area contributed by atoms with Crippen molar-refractivity contribution in [2.24, 2.45) is 5.92 Å². The summed E-state index contributed by atoms with van der Waals surface area (Å²) in [6, 6.07) is 7.34. The van der Waals surface area contributed by atoms with Crippen LogP contribution in [0.1, 0.15) is 46.1 Å². The van der Waals surface area contributed by atoms with Gasteiger partial charge in [-0.15, -0.1) is 0 Å². The van der Waals surface area contributed by atoms with E-state index in [0.29, 0.717) is 12.0 Å². The first-order valence-electron chi connectivity index (χ1n) is 7.73. The molecular formula is C17H29BrN2. The predicted molar refractivity (Wildman–Crippen MR) is 93.5 cm³/mol. The maximum absolute atomic E-state index is 3.76. The molecule has 0 aromatic heterocycles. The second-order valence-electron chi connectivity index (χ2n) is 5.83. The van der Waals surface area contributed by atoms with Gasteiger partial charge < -0.3 is 10.2 Å². The van der Waals surface area contributed by atoms with Crippen LogP contribution in [-0.4, -0.2) is 19.6 Å². The van der Waals surface area contributed by atoms with E-state index in [0.717, 1.165) is 13.1 Å². The highest BCUT2D eigenvalue weighted by molar-refractivity contribution is 9.10. The van der Waals surface area contributed by atoms with Crippen LogP contribution in [0.15, 0.2) is 22.7 Å². The highest BCUT2D eigenvalue weighted by Gasteiger charge is 2.19. The number of rotatable bonds is 8. The van der Waals surface area contributed by atoms with Crippen LogP contribution in [0.2, 0.25) is 0 Å². The summed E-state index contributed by atoms with van der Waals surface area (Å²) in [5, 5.41) is 3.20. The van der Waals surface area contributed by atoms with Crippen molar-refractivity contribution in [3.05, 3.63) is 28.2 Å². The highest BCUT2D eigenvalue weighted by Crippen LogP contribution is 2.31. The van der Waals surface area contributed by atoms with Gasteiger partial charge in [0.05, 0.1) is 5.69 Å². The van der Waals surface area contributed by atoms with Crippen molar-refractivity contribution in [1.29, 1.82) is 0 Å². The molecule has 0 aliphatic carbocycles. The van der Waals surface area contributed by atoms with Crippen molar-refractivity contribution >= 4 is 21.6 Å². The first-order valence-corrected chi connectivity index (χ1v) is 8.52. The highest BCUT2D eigenvalue weighted by atomic mass is 79.9. The van der Waals surface area contributed by atoms with Crippen molar-refractivity contribution in [1.82, 2.24) is 5.32 Å². The zero-order valence-corrected chi connectivity index (χ0v) is 15.1. The zero-order chi connectivity index (χ0) is 15.1. The van der Waals surface area contributed by atoms with Crippen molar-refractivity contribution in [2.75, 3.05) is 18.5 Å². The Morgan fingerprint density at radius 3 is 2.30 bits per heavy atom. The van der Waals surface area contributed by atoms with Crippen LogP contribution in [0, 0.1) is 5.92 Å². The summed E-state index contributed by atoms with van der Waals surface area (Å²) in [5.74, 6) is 0.666. The Kier molecular flexibility index (Phi) is 7.60. The Hall–Kier alpha value is -0.540. The second-order valence-corrected chi connectivity index (χ2v) is 6.69. The third-order valence-electron chi connectivity index (χ3n) is 3.65. The van der Waals surface area contributed by atoms with E-state index >= 15 is 0 Å². The molecule has 0 heterocycles. The number of benzene rings is 1. The Bertz CT molecular complexity index is 400. The molecule has 0 aliphatic rings. The summed E-state index contributed by atoms with van der Waals surface area (Å²) in [6.07, 6.45) is 2.38. The van der Waals surface area contributed by atoms with Crippen molar-refractivity contribution < 1.29 is 0 Å². The van der Waals surface area contributed by atoms with E-state index in [1.165, 1.54) is 28.6 Å². The van der Waals surface area contributed by atoms with Crippen LogP contribution in [0.5, 0.6) is 0 Å². The molecule has 3 heteroatoms. The number of nitrogens with zero attached hydrogens (tertiary/aromatic N) is 1. The standard InChI is InChI=1S/C17H29BrN2/c1-6-15(7-2)20(12-13(3)4)17-9-8-14(11-19-5)10-16(17)18/h8-10,13,15,19H,6-7,11-12H2,1-5H3. The van der Waals surface area contributed by atoms with Gasteiger partial charge in [-0.1, -0.05) is 33.8 Å². The summed E-state index contributed by atoms with van der Waals surface area (Å²) >= 11 is 3.76. The van der Waals surface area contributed by atoms with Crippen molar-refractivity contribution in [2.45, 2.75) is 53.1 Å². The quantitative estimate of drug-likeness (QED) is 0.729. The van der Waals surface area contributed by atoms with Crippen LogP contribution in [0.3, 0.4) is 0 Å². The lowest BCUT2D eigenvalue weighted by Gasteiger charge is -2.35. The molecule has 0 bridgehead atoms. The second kappa shape index (κ2) is 8.68. The Morgan fingerprint density at radius 1 is 1.20 bits per heavy atom. The molecule has 0 atom stereocenters. The molecule has 0 aliphatic heterocycles. The first-order chi connectivity index (χ1) is 9.53. The fraction of sp³-hybridized carbons (Fsp3) is 0.647. The van der Waals surface area contributed by atoms with Crippen molar-refractivity contribution in [3.63, 3.8) is 0 Å². The molecule has 1 aromatic carbocycles. The van der Waals surface area contributed by atoms with E-state index in [1.807, 2.05) is 7.05 Å². The van der Waals surface area contributed by atoms with Gasteiger partial charge in [0.2, 0.25) is 0 Å². The molecule has 0 unspecified atom stereocenters. The summed E-state index contributed by atoms with van der Waals surface area (Å²) in [7, 11) is 1.98. The van der Waals surface area contributed by atoms with Gasteiger partial charge in [0.15, 0.2) is 0 Å². The average molecular weight is 341 g/mol. The molecule has 1 aromatic rings. The van der Waals surface area contributed by atoms with Crippen LogP contribution in [-0.2, 0) is 6.54 Å². The molecule has 0 fully saturated rings. The molecule has 0 amide bonds. The molecule has 0 saturated heterocycles. The summed E-state index contributed by atoms with van der Waals surface area (Å²) < 4.78 is 1.21. The molecule has 0 spiro atoms. The van der Waals surface area contributed by atoms with Gasteiger partial charge in [-0.05, 0) is 59.4 Å². The van der Waals surface area contributed by atoms with Crippen LogP contribution >= 0.6 is 15.9 Å². The van der Waals surface area contributed by atoms with Crippen molar-refractivity contribution in [3.8, 4) is 0 Å². The number of nitrogens with one attached hydrogen (secondary N) is 1. The molecule has 114 valence electrons. The maximum Gasteiger partial charge on any atom is 0.0513 e. The van der Waals surface area contributed by atoms with E-state index in [4.69, 9.17) is 0 Å². The molecule has 0 saturated carbocycles. The van der Waals surface area contributed by atoms with E-state index in [1.54, 1.807) is 0 Å². The maximum atomic E-state index is 3.76. The fourth-order valence-corrected chi connectivity index (χ4v) is 3.32. The van der Waals surface area contributed by atoms with E-state index in [-0.39, 0.29) is 0 Å². The molecule has 1 rings (SSSR count). The molecule has 2 nitrogen and oxygen atoms in total. The third-order valence-corrected chi connectivity index (χ3v) is 4.28. The number of hydrogen-bond donors (Lipinski definition) is 1. The topological polar surface area (TPSA) is 15.3 Å². The SMILES string of the molecule is CCC(CC)N(CC(C)C)c1ccc(CNC)cc1Br. The largest absolute Gasteiger partial charge is 0.367 e. The Labute approximate surface area is 133 Å². The summed E-state index contributed by atoms with van der Waals surface area (Å²) in [5.41, 5.74) is 2.64. The number of anilines is 1. The summed E-state index contributed by atoms with van der Waals surface area (Å²) in [6.45, 7) is 11.2. The minimum absolute atomic E-state index is 0.615. The zero-order valence-electron chi connectivity index (χ0n) is 13.5. The number of hydrogen-bond acceptors (Lipinski definition) is 2. The predicted octanol–water partition coefficient (Wildman–Crippen LogP) is 4.82. The number of halogens is 1. The van der Waals surface area contributed by atoms with Gasteiger partial charge in [0.1, 0.15) is 0 Å². The van der Waals surface area contributed by atoms with Gasteiger partial charge in [0, 0.05) is 23.6 Å². The Balaban J connectivity index is 3.06. The minimum Gasteiger partial charge on any atom is -0.367 e. The van der Waals surface area contributed by atoms with Gasteiger partial charge in [-0.25, -0.2) is 0 Å². The molecule has 0 radical (unpaired) electrons. The van der Waals surface area contributed by atoms with Gasteiger partial charge in [-0.2, -0.15) is 0 Å². The van der Waals surface area contributed by atoms with E-state index in [2.05, 4.69) is 72.0 Å². The lowest BCUT2D eigenvalue weighted by Crippen LogP contribution is -2.37. The molecule has 20 heavy (non-hydrogen) atoms. The Morgan fingerprint density at radius 2 is 1.85 bits per heavy atom. The summed E-state index contributed by atoms with van der Waals surface area (Å²) in [4.78, 5) is 2.57. The average Bonchev–Trinajstić information content (AvgIpc) is 2.39. The van der Waals surface area contributed by atoms with Gasteiger partial charge in [0.25, 0.3) is 0 Å². The van der Waals surface area contributed by atoms with E-state index in [9.17, 15) is 0 Å². The normalized spacial score (nSPS) is 11.4. The van der Waals surface area contributed by atoms with E-state index < -0.39 is 0 Å². The van der Waals surface area contributed by atoms with Crippen LogP contribution < -0.4 is 10.2 Å². The van der Waals surface area contributed by atoms with Gasteiger partial charge >= 0.3 is 0 Å². The fourth-order valence-electron chi connectivity index (χ4n) is 2.66. The molecule has 1 N–H and O–H groups in total. The monoisotopic (exact) mass is 340 g/mol. The lowest BCUT2D eigenvalue weighted by molar-refractivity contribution is 0.507. The first kappa shape index (κ1) is 17.5. The van der Waals surface area contributed by atoms with Crippen LogP contribution in [0.25, 0.3) is 0 Å². The minimum atomic E-state index is 0.615. The molecular weight excluding hydrogens is 312 g/mol.